The molecular weight excluding hydrogens is 322 g/mol. The normalized spacial score (nSPS) is 22.7. The standard InChI is InChI=1S/C17H23N5O3/c23-15-10-12(9-14(15)21-17(25)13-3-1-4-19-13)16(24)20-5-2-7-22-8-6-18-11-22/h1,3-4,6,8,11-12,14-15,19,23H,2,5,7,9-10H2,(H,20,24)(H,21,25)/t12-,14-,15-/m0/s1. The van der Waals surface area contributed by atoms with Gasteiger partial charge in [0.15, 0.2) is 0 Å². The molecule has 3 atom stereocenters. The topological polar surface area (TPSA) is 112 Å². The molecule has 1 aliphatic carbocycles. The number of aliphatic hydroxyl groups is 1. The van der Waals surface area contributed by atoms with Crippen molar-refractivity contribution >= 4 is 11.8 Å². The molecule has 0 bridgehead atoms. The summed E-state index contributed by atoms with van der Waals surface area (Å²) in [4.78, 5) is 31.1. The average molecular weight is 345 g/mol. The minimum atomic E-state index is -0.708. The largest absolute Gasteiger partial charge is 0.391 e. The lowest BCUT2D eigenvalue weighted by molar-refractivity contribution is -0.125. The third-order valence-electron chi connectivity index (χ3n) is 4.51. The van der Waals surface area contributed by atoms with Crippen LogP contribution in [-0.2, 0) is 11.3 Å². The van der Waals surface area contributed by atoms with Gasteiger partial charge < -0.3 is 25.3 Å². The number of nitrogens with one attached hydrogen (secondary N) is 3. The van der Waals surface area contributed by atoms with Crippen molar-refractivity contribution in [2.45, 2.75) is 38.0 Å². The van der Waals surface area contributed by atoms with E-state index >= 15 is 0 Å². The molecule has 0 radical (unpaired) electrons. The third-order valence-corrected chi connectivity index (χ3v) is 4.51. The summed E-state index contributed by atoms with van der Waals surface area (Å²) in [6, 6.07) is 3.00. The molecule has 8 heteroatoms. The Kier molecular flexibility index (Phi) is 5.49. The second kappa shape index (κ2) is 7.98. The molecule has 1 saturated carbocycles. The molecule has 0 unspecified atom stereocenters. The Bertz CT molecular complexity index is 683. The predicted molar refractivity (Wildman–Crippen MR) is 90.6 cm³/mol. The van der Waals surface area contributed by atoms with E-state index in [2.05, 4.69) is 20.6 Å². The first-order chi connectivity index (χ1) is 12.1. The molecule has 3 rings (SSSR count). The molecule has 0 aliphatic heterocycles. The van der Waals surface area contributed by atoms with Gasteiger partial charge in [-0.2, -0.15) is 0 Å². The Morgan fingerprint density at radius 1 is 1.40 bits per heavy atom. The smallest absolute Gasteiger partial charge is 0.267 e. The van der Waals surface area contributed by atoms with E-state index in [0.29, 0.717) is 25.1 Å². The number of aromatic amines is 1. The number of hydrogen-bond acceptors (Lipinski definition) is 4. The van der Waals surface area contributed by atoms with Crippen LogP contribution < -0.4 is 10.6 Å². The Morgan fingerprint density at radius 3 is 3.00 bits per heavy atom. The molecule has 0 aromatic carbocycles. The first kappa shape index (κ1) is 17.2. The van der Waals surface area contributed by atoms with Crippen LogP contribution in [0.3, 0.4) is 0 Å². The fraction of sp³-hybridized carbons (Fsp3) is 0.471. The number of amides is 2. The molecule has 25 heavy (non-hydrogen) atoms. The summed E-state index contributed by atoms with van der Waals surface area (Å²) in [6.45, 7) is 1.37. The van der Waals surface area contributed by atoms with E-state index in [4.69, 9.17) is 0 Å². The molecule has 1 aliphatic rings. The maximum atomic E-state index is 12.3. The number of H-pyrrole nitrogens is 1. The van der Waals surface area contributed by atoms with Gasteiger partial charge in [-0.05, 0) is 31.4 Å². The molecule has 4 N–H and O–H groups in total. The number of imidazole rings is 1. The van der Waals surface area contributed by atoms with Crippen molar-refractivity contribution in [3.8, 4) is 0 Å². The van der Waals surface area contributed by atoms with Crippen LogP contribution in [0, 0.1) is 5.92 Å². The van der Waals surface area contributed by atoms with Gasteiger partial charge in [0.05, 0.1) is 18.5 Å². The molecule has 2 heterocycles. The minimum Gasteiger partial charge on any atom is -0.391 e. The lowest BCUT2D eigenvalue weighted by atomic mass is 10.1. The third kappa shape index (κ3) is 4.48. The van der Waals surface area contributed by atoms with Gasteiger partial charge in [-0.15, -0.1) is 0 Å². The van der Waals surface area contributed by atoms with E-state index in [0.717, 1.165) is 13.0 Å². The van der Waals surface area contributed by atoms with Crippen LogP contribution >= 0.6 is 0 Å². The lowest BCUT2D eigenvalue weighted by Gasteiger charge is -2.15. The molecule has 2 aromatic rings. The number of carbonyl (C=O) groups excluding carboxylic acids is 2. The summed E-state index contributed by atoms with van der Waals surface area (Å²) in [6.07, 6.45) is 7.92. The van der Waals surface area contributed by atoms with E-state index < -0.39 is 12.1 Å². The van der Waals surface area contributed by atoms with E-state index in [1.54, 1.807) is 30.9 Å². The van der Waals surface area contributed by atoms with Gasteiger partial charge in [0.1, 0.15) is 5.69 Å². The quantitative estimate of drug-likeness (QED) is 0.540. The van der Waals surface area contributed by atoms with Crippen LogP contribution in [0.5, 0.6) is 0 Å². The van der Waals surface area contributed by atoms with E-state index in [-0.39, 0.29) is 17.7 Å². The average Bonchev–Trinajstić information content (AvgIpc) is 3.34. The van der Waals surface area contributed by atoms with Gasteiger partial charge in [0.2, 0.25) is 5.91 Å². The fourth-order valence-electron chi connectivity index (χ4n) is 3.14. The highest BCUT2D eigenvalue weighted by molar-refractivity contribution is 5.92. The molecule has 2 aromatic heterocycles. The molecule has 8 nitrogen and oxygen atoms in total. The highest BCUT2D eigenvalue weighted by Crippen LogP contribution is 2.26. The second-order valence-corrected chi connectivity index (χ2v) is 6.34. The number of nitrogens with zero attached hydrogens (tertiary/aromatic N) is 2. The number of carbonyl (C=O) groups is 2. The van der Waals surface area contributed by atoms with Crippen LogP contribution in [0.25, 0.3) is 0 Å². The monoisotopic (exact) mass is 345 g/mol. The van der Waals surface area contributed by atoms with Crippen LogP contribution in [-0.4, -0.2) is 50.1 Å². The van der Waals surface area contributed by atoms with Gasteiger partial charge >= 0.3 is 0 Å². The number of aliphatic hydroxyl groups excluding tert-OH is 1. The highest BCUT2D eigenvalue weighted by atomic mass is 16.3. The van der Waals surface area contributed by atoms with Crippen LogP contribution in [0.1, 0.15) is 29.8 Å². The van der Waals surface area contributed by atoms with Crippen molar-refractivity contribution in [1.82, 2.24) is 25.2 Å². The summed E-state index contributed by atoms with van der Waals surface area (Å²) in [5.41, 5.74) is 0.444. The highest BCUT2D eigenvalue weighted by Gasteiger charge is 2.37. The maximum absolute atomic E-state index is 12.3. The second-order valence-electron chi connectivity index (χ2n) is 6.34. The van der Waals surface area contributed by atoms with Gasteiger partial charge in [-0.1, -0.05) is 0 Å². The van der Waals surface area contributed by atoms with Gasteiger partial charge in [0, 0.05) is 37.6 Å². The zero-order valence-corrected chi connectivity index (χ0v) is 13.9. The van der Waals surface area contributed by atoms with Gasteiger partial charge in [-0.3, -0.25) is 9.59 Å². The van der Waals surface area contributed by atoms with Crippen molar-refractivity contribution in [1.29, 1.82) is 0 Å². The summed E-state index contributed by atoms with van der Waals surface area (Å²) in [5.74, 6) is -0.617. The molecular formula is C17H23N5O3. The van der Waals surface area contributed by atoms with Crippen molar-refractivity contribution in [2.75, 3.05) is 6.54 Å². The zero-order chi connectivity index (χ0) is 17.6. The van der Waals surface area contributed by atoms with Crippen molar-refractivity contribution < 1.29 is 14.7 Å². The molecule has 1 fully saturated rings. The number of hydrogen-bond donors (Lipinski definition) is 4. The summed E-state index contributed by atoms with van der Waals surface area (Å²) in [5, 5.41) is 15.8. The van der Waals surface area contributed by atoms with E-state index in [9.17, 15) is 14.7 Å². The fourth-order valence-corrected chi connectivity index (χ4v) is 3.14. The number of rotatable bonds is 7. The predicted octanol–water partition coefficient (Wildman–Crippen LogP) is 0.287. The Labute approximate surface area is 145 Å². The van der Waals surface area contributed by atoms with Crippen LogP contribution in [0.4, 0.5) is 0 Å². The van der Waals surface area contributed by atoms with Crippen molar-refractivity contribution in [3.63, 3.8) is 0 Å². The SMILES string of the molecule is O=C(N[C@H]1C[C@H](C(=O)NCCCn2ccnc2)C[C@@H]1O)c1ccc[nH]1. The van der Waals surface area contributed by atoms with Crippen molar-refractivity contribution in [2.24, 2.45) is 5.92 Å². The molecule has 134 valence electrons. The number of aromatic nitrogens is 3. The van der Waals surface area contributed by atoms with Gasteiger partial charge in [-0.25, -0.2) is 4.98 Å². The lowest BCUT2D eigenvalue weighted by Crippen LogP contribution is -2.40. The molecule has 0 saturated heterocycles. The first-order valence-corrected chi connectivity index (χ1v) is 8.49. The molecule has 2 amide bonds. The van der Waals surface area contributed by atoms with Gasteiger partial charge in [0.25, 0.3) is 5.91 Å². The first-order valence-electron chi connectivity index (χ1n) is 8.49. The zero-order valence-electron chi connectivity index (χ0n) is 13.9. The number of aryl methyl sites for hydroxylation is 1. The summed E-state index contributed by atoms with van der Waals surface area (Å²) < 4.78 is 1.96. The van der Waals surface area contributed by atoms with Crippen LogP contribution in [0.15, 0.2) is 37.1 Å². The molecule has 0 spiro atoms. The summed E-state index contributed by atoms with van der Waals surface area (Å²) in [7, 11) is 0. The Hall–Kier alpha value is -2.61. The minimum absolute atomic E-state index is 0.0682. The Balaban J connectivity index is 1.41. The van der Waals surface area contributed by atoms with E-state index in [1.807, 2.05) is 10.8 Å². The van der Waals surface area contributed by atoms with E-state index in [1.165, 1.54) is 0 Å². The van der Waals surface area contributed by atoms with Crippen molar-refractivity contribution in [3.05, 3.63) is 42.7 Å². The van der Waals surface area contributed by atoms with Crippen LogP contribution in [0.2, 0.25) is 0 Å². The summed E-state index contributed by atoms with van der Waals surface area (Å²) >= 11 is 0. The maximum Gasteiger partial charge on any atom is 0.267 e. The Morgan fingerprint density at radius 2 is 2.28 bits per heavy atom.